The van der Waals surface area contributed by atoms with Crippen LogP contribution in [0.25, 0.3) is 10.9 Å². The number of fused-ring (bicyclic) bond motifs is 1. The van der Waals surface area contributed by atoms with E-state index in [0.29, 0.717) is 10.9 Å². The van der Waals surface area contributed by atoms with Gasteiger partial charge in [0.15, 0.2) is 0 Å². The van der Waals surface area contributed by atoms with Crippen molar-refractivity contribution in [2.24, 2.45) is 0 Å². The van der Waals surface area contributed by atoms with E-state index in [0.717, 1.165) is 4.57 Å². The van der Waals surface area contributed by atoms with Crippen molar-refractivity contribution in [3.8, 4) is 5.75 Å². The first-order chi connectivity index (χ1) is 11.0. The molecule has 0 saturated heterocycles. The van der Waals surface area contributed by atoms with Crippen LogP contribution in [0.2, 0.25) is 0 Å². The summed E-state index contributed by atoms with van der Waals surface area (Å²) in [6.07, 6.45) is 0. The number of aromatic hydroxyl groups is 1. The summed E-state index contributed by atoms with van der Waals surface area (Å²) >= 11 is 0. The molecule has 1 heterocycles. The number of hydrogen-bond donors (Lipinski definition) is 2. The van der Waals surface area contributed by atoms with E-state index in [1.165, 1.54) is 30.3 Å². The monoisotopic (exact) mass is 309 g/mol. The molecule has 0 unspecified atom stereocenters. The Morgan fingerprint density at radius 1 is 0.957 bits per heavy atom. The molecule has 0 amide bonds. The molecule has 0 fully saturated rings. The van der Waals surface area contributed by atoms with E-state index in [-0.39, 0.29) is 11.3 Å². The highest BCUT2D eigenvalue weighted by Gasteiger charge is 2.19. The number of benzene rings is 2. The van der Waals surface area contributed by atoms with Crippen molar-refractivity contribution in [3.05, 3.63) is 76.1 Å². The predicted molar refractivity (Wildman–Crippen MR) is 83.0 cm³/mol. The number of aromatic carboxylic acids is 1. The number of carboxylic acids is 1. The first-order valence-electron chi connectivity index (χ1n) is 6.71. The van der Waals surface area contributed by atoms with Crippen LogP contribution in [-0.4, -0.2) is 26.7 Å². The number of para-hydroxylation sites is 1. The minimum atomic E-state index is -1.40. The van der Waals surface area contributed by atoms with E-state index in [1.807, 2.05) is 0 Å². The fourth-order valence-corrected chi connectivity index (χ4v) is 2.35. The van der Waals surface area contributed by atoms with Gasteiger partial charge in [0.2, 0.25) is 0 Å². The summed E-state index contributed by atoms with van der Waals surface area (Å²) < 4.78 is 0.838. The summed E-state index contributed by atoms with van der Waals surface area (Å²) in [5.74, 6) is -2.07. The second kappa shape index (κ2) is 5.42. The molecule has 1 aromatic heterocycles. The zero-order valence-corrected chi connectivity index (χ0v) is 11.8. The van der Waals surface area contributed by atoms with Gasteiger partial charge in [-0.2, -0.15) is 0 Å². The van der Waals surface area contributed by atoms with E-state index in [9.17, 15) is 24.6 Å². The summed E-state index contributed by atoms with van der Waals surface area (Å²) in [6.45, 7) is 0. The second-order valence-corrected chi connectivity index (χ2v) is 4.91. The molecule has 0 atom stereocenters. The molecule has 6 nitrogen and oxygen atoms in total. The van der Waals surface area contributed by atoms with Gasteiger partial charge in [0.05, 0.1) is 5.52 Å². The van der Waals surface area contributed by atoms with Crippen LogP contribution in [0.4, 0.5) is 0 Å². The van der Waals surface area contributed by atoms with Crippen LogP contribution >= 0.6 is 0 Å². The Morgan fingerprint density at radius 2 is 1.61 bits per heavy atom. The average molecular weight is 309 g/mol. The minimum Gasteiger partial charge on any atom is -0.508 e. The predicted octanol–water partition coefficient (Wildman–Crippen LogP) is 2.09. The Morgan fingerprint density at radius 3 is 2.26 bits per heavy atom. The van der Waals surface area contributed by atoms with Gasteiger partial charge in [0, 0.05) is 5.56 Å². The number of hydrogen-bond acceptors (Lipinski definition) is 4. The third-order valence-electron chi connectivity index (χ3n) is 3.46. The van der Waals surface area contributed by atoms with Gasteiger partial charge < -0.3 is 10.2 Å². The van der Waals surface area contributed by atoms with Crippen LogP contribution < -0.4 is 5.56 Å². The molecule has 23 heavy (non-hydrogen) atoms. The van der Waals surface area contributed by atoms with Crippen LogP contribution in [0.15, 0.2) is 59.4 Å². The molecule has 2 N–H and O–H groups in total. The van der Waals surface area contributed by atoms with E-state index < -0.39 is 23.0 Å². The first kappa shape index (κ1) is 14.5. The van der Waals surface area contributed by atoms with Gasteiger partial charge in [0.25, 0.3) is 11.5 Å². The lowest BCUT2D eigenvalue weighted by Gasteiger charge is -2.10. The van der Waals surface area contributed by atoms with Crippen LogP contribution in [0, 0.1) is 0 Å². The van der Waals surface area contributed by atoms with Gasteiger partial charge in [-0.15, -0.1) is 0 Å². The molecule has 3 aromatic rings. The standard InChI is InChI=1S/C17H11NO5/c19-12-7-5-10(6-8-12)15(20)18-14-4-2-1-3-11(14)9-13(16(18)21)17(22)23/h1-9,19H,(H,22,23). The van der Waals surface area contributed by atoms with Crippen molar-refractivity contribution in [2.45, 2.75) is 0 Å². The number of carboxylic acid groups (broad SMARTS) is 1. The zero-order valence-electron chi connectivity index (χ0n) is 11.8. The molecule has 0 bridgehead atoms. The fraction of sp³-hybridized carbons (Fsp3) is 0. The maximum Gasteiger partial charge on any atom is 0.341 e. The molecule has 0 aliphatic heterocycles. The Hall–Kier alpha value is -3.41. The molecule has 3 rings (SSSR count). The molecule has 0 saturated carbocycles. The van der Waals surface area contributed by atoms with Crippen LogP contribution in [0.5, 0.6) is 5.75 Å². The average Bonchev–Trinajstić information content (AvgIpc) is 2.54. The number of rotatable bonds is 2. The number of aromatic nitrogens is 1. The topological polar surface area (TPSA) is 96.6 Å². The van der Waals surface area contributed by atoms with Crippen LogP contribution in [0.3, 0.4) is 0 Å². The highest BCUT2D eigenvalue weighted by atomic mass is 16.4. The van der Waals surface area contributed by atoms with Crippen molar-refractivity contribution in [2.75, 3.05) is 0 Å². The van der Waals surface area contributed by atoms with Crippen molar-refractivity contribution in [1.29, 1.82) is 0 Å². The van der Waals surface area contributed by atoms with Gasteiger partial charge in [-0.25, -0.2) is 9.36 Å². The van der Waals surface area contributed by atoms with E-state index >= 15 is 0 Å². The molecule has 0 aliphatic rings. The van der Waals surface area contributed by atoms with E-state index in [2.05, 4.69) is 0 Å². The largest absolute Gasteiger partial charge is 0.508 e. The van der Waals surface area contributed by atoms with E-state index in [4.69, 9.17) is 0 Å². The van der Waals surface area contributed by atoms with Crippen LogP contribution in [-0.2, 0) is 0 Å². The molecule has 6 heteroatoms. The third kappa shape index (κ3) is 2.46. The molecule has 0 spiro atoms. The second-order valence-electron chi connectivity index (χ2n) is 4.91. The molecular formula is C17H11NO5. The third-order valence-corrected chi connectivity index (χ3v) is 3.46. The smallest absolute Gasteiger partial charge is 0.341 e. The number of phenols is 1. The van der Waals surface area contributed by atoms with Gasteiger partial charge >= 0.3 is 5.97 Å². The number of nitrogens with zero attached hydrogens (tertiary/aromatic N) is 1. The molecular weight excluding hydrogens is 298 g/mol. The lowest BCUT2D eigenvalue weighted by molar-refractivity contribution is 0.0695. The highest BCUT2D eigenvalue weighted by Crippen LogP contribution is 2.16. The SMILES string of the molecule is O=C(O)c1cc2ccccc2n(C(=O)c2ccc(O)cc2)c1=O. The summed E-state index contributed by atoms with van der Waals surface area (Å²) in [5.41, 5.74) is -0.886. The maximum absolute atomic E-state index is 12.7. The minimum absolute atomic E-state index is 0.0157. The van der Waals surface area contributed by atoms with Crippen molar-refractivity contribution < 1.29 is 19.8 Å². The summed E-state index contributed by atoms with van der Waals surface area (Å²) in [6, 6.07) is 13.2. The lowest BCUT2D eigenvalue weighted by atomic mass is 10.1. The lowest BCUT2D eigenvalue weighted by Crippen LogP contribution is -2.31. The number of carbonyl (C=O) groups excluding carboxylic acids is 1. The Kier molecular flexibility index (Phi) is 3.42. The molecule has 114 valence electrons. The van der Waals surface area contributed by atoms with Gasteiger partial charge in [-0.3, -0.25) is 9.59 Å². The van der Waals surface area contributed by atoms with Gasteiger partial charge in [0.1, 0.15) is 11.3 Å². The summed E-state index contributed by atoms with van der Waals surface area (Å²) in [7, 11) is 0. The summed E-state index contributed by atoms with van der Waals surface area (Å²) in [5, 5.41) is 18.9. The quantitative estimate of drug-likeness (QED) is 0.755. The first-order valence-corrected chi connectivity index (χ1v) is 6.71. The van der Waals surface area contributed by atoms with Crippen molar-refractivity contribution >= 4 is 22.8 Å². The van der Waals surface area contributed by atoms with Crippen molar-refractivity contribution in [3.63, 3.8) is 0 Å². The maximum atomic E-state index is 12.7. The number of carbonyl (C=O) groups is 2. The van der Waals surface area contributed by atoms with Gasteiger partial charge in [-0.05, 0) is 41.8 Å². The normalized spacial score (nSPS) is 10.6. The van der Waals surface area contributed by atoms with E-state index in [1.54, 1.807) is 24.3 Å². The zero-order chi connectivity index (χ0) is 16.6. The van der Waals surface area contributed by atoms with Gasteiger partial charge in [-0.1, -0.05) is 18.2 Å². The Balaban J connectivity index is 2.33. The highest BCUT2D eigenvalue weighted by molar-refractivity contribution is 6.03. The molecule has 2 aromatic carbocycles. The Bertz CT molecular complexity index is 986. The molecule has 0 aliphatic carbocycles. The fourth-order valence-electron chi connectivity index (χ4n) is 2.35. The van der Waals surface area contributed by atoms with Crippen molar-refractivity contribution in [1.82, 2.24) is 4.57 Å². The summed E-state index contributed by atoms with van der Waals surface area (Å²) in [4.78, 5) is 36.3. The number of pyridine rings is 1. The van der Waals surface area contributed by atoms with Crippen LogP contribution in [0.1, 0.15) is 20.7 Å². The molecule has 0 radical (unpaired) electrons. The Labute approximate surface area is 129 Å². The number of phenolic OH excluding ortho intramolecular Hbond substituents is 1.